The minimum absolute atomic E-state index is 0.343. The van der Waals surface area contributed by atoms with Crippen molar-refractivity contribution >= 4 is 50.2 Å². The first-order valence-electron chi connectivity index (χ1n) is 5.86. The third-order valence-corrected chi connectivity index (χ3v) is 4.53. The lowest BCUT2D eigenvalue weighted by molar-refractivity contribution is 0.477. The summed E-state index contributed by atoms with van der Waals surface area (Å²) in [5.41, 5.74) is 1.89. The average Bonchev–Trinajstić information content (AvgIpc) is 2.66. The first-order chi connectivity index (χ1) is 8.66. The summed E-state index contributed by atoms with van der Waals surface area (Å²) in [7, 11) is 0. The molecule has 1 aliphatic rings. The lowest BCUT2D eigenvalue weighted by Crippen LogP contribution is -2.13. The van der Waals surface area contributed by atoms with E-state index in [4.69, 9.17) is 23.2 Å². The molecule has 1 aromatic carbocycles. The van der Waals surface area contributed by atoms with E-state index in [2.05, 4.69) is 38.3 Å². The highest BCUT2D eigenvalue weighted by atomic mass is 79.9. The van der Waals surface area contributed by atoms with Gasteiger partial charge in [-0.15, -0.1) is 0 Å². The van der Waals surface area contributed by atoms with Crippen LogP contribution in [0.4, 0.5) is 0 Å². The Morgan fingerprint density at radius 1 is 1.28 bits per heavy atom. The molecule has 1 unspecified atom stereocenters. The van der Waals surface area contributed by atoms with E-state index in [1.165, 1.54) is 6.42 Å². The van der Waals surface area contributed by atoms with Gasteiger partial charge < -0.3 is 4.57 Å². The number of nitrogens with zero attached hydrogens (tertiary/aromatic N) is 2. The minimum atomic E-state index is 0.343. The summed E-state index contributed by atoms with van der Waals surface area (Å²) in [5.74, 6) is 0. The van der Waals surface area contributed by atoms with E-state index in [9.17, 15) is 0 Å². The van der Waals surface area contributed by atoms with Crippen molar-refractivity contribution in [3.05, 3.63) is 39.8 Å². The first-order valence-corrected chi connectivity index (χ1v) is 7.41. The molecule has 1 saturated carbocycles. The molecule has 18 heavy (non-hydrogen) atoms. The fourth-order valence-corrected chi connectivity index (χ4v) is 3.35. The van der Waals surface area contributed by atoms with Crippen LogP contribution < -0.4 is 0 Å². The Labute approximate surface area is 124 Å². The van der Waals surface area contributed by atoms with E-state index in [1.807, 2.05) is 12.1 Å². The fraction of sp³-hybridized carbons (Fsp3) is 0.308. The molecule has 0 spiro atoms. The predicted molar refractivity (Wildman–Crippen MR) is 78.9 cm³/mol. The van der Waals surface area contributed by atoms with Crippen LogP contribution in [0.5, 0.6) is 0 Å². The van der Waals surface area contributed by atoms with Crippen molar-refractivity contribution in [2.45, 2.75) is 25.3 Å². The molecule has 0 bridgehead atoms. The van der Waals surface area contributed by atoms with Crippen LogP contribution in [-0.4, -0.2) is 9.55 Å². The standard InChI is InChI=1S/C13H11BrCl2N2/c14-13-17-11-6-9(15)10(16)7-12(11)18(13)8-4-2-1-3-5-8/h2,4,6-8H,1,3,5H2. The van der Waals surface area contributed by atoms with Gasteiger partial charge in [-0.2, -0.15) is 0 Å². The van der Waals surface area contributed by atoms with E-state index in [0.717, 1.165) is 28.6 Å². The highest BCUT2D eigenvalue weighted by molar-refractivity contribution is 9.10. The second-order valence-electron chi connectivity index (χ2n) is 4.43. The molecular formula is C13H11BrCl2N2. The SMILES string of the molecule is Clc1cc2nc(Br)n(C3[CH][CH]CCC3)c2cc1Cl. The summed E-state index contributed by atoms with van der Waals surface area (Å²) in [6, 6.07) is 4.04. The van der Waals surface area contributed by atoms with Crippen molar-refractivity contribution in [3.63, 3.8) is 0 Å². The highest BCUT2D eigenvalue weighted by Gasteiger charge is 2.21. The third kappa shape index (κ3) is 2.17. The molecule has 1 atom stereocenters. The van der Waals surface area contributed by atoms with Crippen LogP contribution >= 0.6 is 39.1 Å². The molecule has 3 rings (SSSR count). The Balaban J connectivity index is 2.15. The van der Waals surface area contributed by atoms with E-state index < -0.39 is 0 Å². The predicted octanol–water partition coefficient (Wildman–Crippen LogP) is 5.24. The molecule has 2 aromatic rings. The van der Waals surface area contributed by atoms with E-state index in [0.29, 0.717) is 16.1 Å². The monoisotopic (exact) mass is 344 g/mol. The second-order valence-corrected chi connectivity index (χ2v) is 5.96. The van der Waals surface area contributed by atoms with E-state index in [-0.39, 0.29) is 0 Å². The molecule has 0 amide bonds. The zero-order valence-corrected chi connectivity index (χ0v) is 12.6. The normalized spacial score (nSPS) is 17.5. The van der Waals surface area contributed by atoms with Gasteiger partial charge in [-0.25, -0.2) is 4.98 Å². The number of rotatable bonds is 1. The van der Waals surface area contributed by atoms with E-state index in [1.54, 1.807) is 0 Å². The molecule has 1 fully saturated rings. The number of fused-ring (bicyclic) bond motifs is 1. The summed E-state index contributed by atoms with van der Waals surface area (Å²) < 4.78 is 3.00. The van der Waals surface area contributed by atoms with Gasteiger partial charge in [0.15, 0.2) is 4.73 Å². The zero-order valence-electron chi connectivity index (χ0n) is 9.54. The fourth-order valence-electron chi connectivity index (χ4n) is 2.39. The molecule has 0 aliphatic heterocycles. The van der Waals surface area contributed by atoms with E-state index >= 15 is 0 Å². The summed E-state index contributed by atoms with van der Waals surface area (Å²) in [5, 5.41) is 1.11. The van der Waals surface area contributed by atoms with Crippen molar-refractivity contribution in [2.24, 2.45) is 0 Å². The van der Waals surface area contributed by atoms with Gasteiger partial charge in [0.05, 0.1) is 21.1 Å². The number of halogens is 3. The van der Waals surface area contributed by atoms with Crippen molar-refractivity contribution in [3.8, 4) is 0 Å². The maximum atomic E-state index is 6.10. The van der Waals surface area contributed by atoms with Gasteiger partial charge in [0.2, 0.25) is 0 Å². The largest absolute Gasteiger partial charge is 0.315 e. The Kier molecular flexibility index (Phi) is 3.57. The highest BCUT2D eigenvalue weighted by Crippen LogP contribution is 2.35. The lowest BCUT2D eigenvalue weighted by Gasteiger charge is -2.24. The Morgan fingerprint density at radius 2 is 2.06 bits per heavy atom. The number of hydrogen-bond donors (Lipinski definition) is 0. The molecule has 1 heterocycles. The quantitative estimate of drug-likeness (QED) is 0.691. The Bertz CT molecular complexity index is 588. The maximum Gasteiger partial charge on any atom is 0.178 e. The number of hydrogen-bond acceptors (Lipinski definition) is 1. The average molecular weight is 346 g/mol. The second kappa shape index (κ2) is 5.03. The van der Waals surface area contributed by atoms with Crippen LogP contribution in [0.15, 0.2) is 16.9 Å². The third-order valence-electron chi connectivity index (χ3n) is 3.25. The smallest absolute Gasteiger partial charge is 0.178 e. The van der Waals surface area contributed by atoms with Gasteiger partial charge >= 0.3 is 0 Å². The van der Waals surface area contributed by atoms with Crippen molar-refractivity contribution in [1.29, 1.82) is 0 Å². The van der Waals surface area contributed by atoms with Crippen LogP contribution in [0.1, 0.15) is 25.3 Å². The first kappa shape index (κ1) is 12.8. The zero-order chi connectivity index (χ0) is 12.7. The van der Waals surface area contributed by atoms with Crippen molar-refractivity contribution < 1.29 is 0 Å². The summed E-state index contributed by atoms with van der Waals surface area (Å²) >= 11 is 15.7. The van der Waals surface area contributed by atoms with Gasteiger partial charge in [0, 0.05) is 6.04 Å². The van der Waals surface area contributed by atoms with Crippen molar-refractivity contribution in [2.75, 3.05) is 0 Å². The summed E-state index contributed by atoms with van der Waals surface area (Å²) in [6.07, 6.45) is 7.95. The van der Waals surface area contributed by atoms with Gasteiger partial charge in [0.1, 0.15) is 0 Å². The van der Waals surface area contributed by atoms with Gasteiger partial charge in [-0.1, -0.05) is 29.6 Å². The van der Waals surface area contributed by atoms with Crippen LogP contribution in [0.3, 0.4) is 0 Å². The molecule has 94 valence electrons. The molecule has 0 saturated heterocycles. The molecule has 0 N–H and O–H groups in total. The van der Waals surface area contributed by atoms with Crippen LogP contribution in [-0.2, 0) is 0 Å². The van der Waals surface area contributed by atoms with Gasteiger partial charge in [-0.3, -0.25) is 0 Å². The lowest BCUT2D eigenvalue weighted by atomic mass is 9.95. The Morgan fingerprint density at radius 3 is 2.78 bits per heavy atom. The van der Waals surface area contributed by atoms with Crippen LogP contribution in [0.2, 0.25) is 10.0 Å². The summed E-state index contributed by atoms with van der Waals surface area (Å²) in [4.78, 5) is 4.49. The van der Waals surface area contributed by atoms with Gasteiger partial charge in [0.25, 0.3) is 0 Å². The number of imidazole rings is 1. The molecule has 5 heteroatoms. The van der Waals surface area contributed by atoms with Crippen molar-refractivity contribution in [1.82, 2.24) is 9.55 Å². The number of benzene rings is 1. The molecule has 2 radical (unpaired) electrons. The Hall–Kier alpha value is -0.250. The van der Waals surface area contributed by atoms with Crippen LogP contribution in [0, 0.1) is 12.8 Å². The summed E-state index contributed by atoms with van der Waals surface area (Å²) in [6.45, 7) is 0. The molecule has 1 aliphatic carbocycles. The van der Waals surface area contributed by atoms with Gasteiger partial charge in [-0.05, 0) is 53.7 Å². The molecule has 1 aromatic heterocycles. The maximum absolute atomic E-state index is 6.10. The number of aromatic nitrogens is 2. The molecule has 2 nitrogen and oxygen atoms in total. The van der Waals surface area contributed by atoms with Crippen LogP contribution in [0.25, 0.3) is 11.0 Å². The minimum Gasteiger partial charge on any atom is -0.315 e. The topological polar surface area (TPSA) is 17.8 Å². The molecular weight excluding hydrogens is 335 g/mol.